The van der Waals surface area contributed by atoms with E-state index >= 15 is 0 Å². The van der Waals surface area contributed by atoms with Crippen molar-refractivity contribution in [3.8, 4) is 0 Å². The Hall–Kier alpha value is -1.05. The van der Waals surface area contributed by atoms with E-state index in [4.69, 9.17) is 4.74 Å². The highest BCUT2D eigenvalue weighted by Crippen LogP contribution is 2.74. The number of hydrogen-bond acceptors (Lipinski definition) is 2. The maximum Gasteiger partial charge on any atom is 0.302 e. The third kappa shape index (κ3) is 3.02. The van der Waals surface area contributed by atoms with Crippen LogP contribution in [0.15, 0.2) is 23.3 Å². The maximum absolute atomic E-state index is 11.9. The van der Waals surface area contributed by atoms with Gasteiger partial charge < -0.3 is 4.74 Å². The van der Waals surface area contributed by atoms with Crippen molar-refractivity contribution < 1.29 is 9.53 Å². The van der Waals surface area contributed by atoms with Crippen LogP contribution in [0.5, 0.6) is 0 Å². The first-order valence-corrected chi connectivity index (χ1v) is 14.3. The van der Waals surface area contributed by atoms with Crippen molar-refractivity contribution in [3.63, 3.8) is 0 Å². The molecule has 5 aliphatic rings. The molecule has 0 heterocycles. The number of ether oxygens (including phenoxy) is 1. The molecule has 4 saturated carbocycles. The number of carbonyl (C=O) groups is 1. The molecular formula is C32H50O2. The van der Waals surface area contributed by atoms with E-state index < -0.39 is 0 Å². The van der Waals surface area contributed by atoms with E-state index in [1.807, 2.05) is 0 Å². The predicted octanol–water partition coefficient (Wildman–Crippen LogP) is 8.52. The topological polar surface area (TPSA) is 26.3 Å². The van der Waals surface area contributed by atoms with Crippen molar-refractivity contribution in [2.45, 2.75) is 120 Å². The minimum atomic E-state index is -0.125. The van der Waals surface area contributed by atoms with Gasteiger partial charge in [0.1, 0.15) is 6.10 Å². The first-order chi connectivity index (χ1) is 15.7. The molecule has 190 valence electrons. The molecule has 2 nitrogen and oxygen atoms in total. The molecule has 0 aromatic rings. The molecule has 9 unspecified atom stereocenters. The van der Waals surface area contributed by atoms with Crippen LogP contribution in [0, 0.1) is 50.7 Å². The minimum Gasteiger partial charge on any atom is -0.462 e. The molecule has 34 heavy (non-hydrogen) atoms. The molecule has 0 aromatic carbocycles. The Labute approximate surface area is 209 Å². The number of esters is 1. The molecule has 0 aliphatic heterocycles. The summed E-state index contributed by atoms with van der Waals surface area (Å²) in [7, 11) is 0. The Morgan fingerprint density at radius 1 is 0.853 bits per heavy atom. The molecule has 0 amide bonds. The van der Waals surface area contributed by atoms with Crippen molar-refractivity contribution in [3.05, 3.63) is 23.3 Å². The first-order valence-electron chi connectivity index (χ1n) is 14.3. The highest BCUT2D eigenvalue weighted by molar-refractivity contribution is 5.66. The van der Waals surface area contributed by atoms with Crippen LogP contribution in [-0.4, -0.2) is 12.1 Å². The van der Waals surface area contributed by atoms with Crippen LogP contribution in [0.3, 0.4) is 0 Å². The van der Waals surface area contributed by atoms with Crippen LogP contribution >= 0.6 is 0 Å². The molecular weight excluding hydrogens is 416 g/mol. The van der Waals surface area contributed by atoms with E-state index in [1.54, 1.807) is 18.1 Å². The average molecular weight is 467 g/mol. The predicted molar refractivity (Wildman–Crippen MR) is 140 cm³/mol. The fourth-order valence-electron chi connectivity index (χ4n) is 10.5. The summed E-state index contributed by atoms with van der Waals surface area (Å²) in [6, 6.07) is 0. The number of carbonyl (C=O) groups excluding carboxylic acids is 1. The molecule has 0 bridgehead atoms. The molecule has 5 rings (SSSR count). The minimum absolute atomic E-state index is 0.00416. The Morgan fingerprint density at radius 2 is 1.56 bits per heavy atom. The van der Waals surface area contributed by atoms with Crippen molar-refractivity contribution >= 4 is 5.97 Å². The van der Waals surface area contributed by atoms with Crippen LogP contribution in [0.25, 0.3) is 0 Å². The monoisotopic (exact) mass is 466 g/mol. The maximum atomic E-state index is 11.9. The summed E-state index contributed by atoms with van der Waals surface area (Å²) in [6.45, 7) is 21.8. The van der Waals surface area contributed by atoms with Gasteiger partial charge in [-0.3, -0.25) is 4.79 Å². The molecule has 0 aromatic heterocycles. The molecule has 0 spiro atoms. The van der Waals surface area contributed by atoms with Gasteiger partial charge in [0, 0.05) is 12.3 Å². The molecule has 9 atom stereocenters. The summed E-state index contributed by atoms with van der Waals surface area (Å²) in [5.74, 6) is 2.75. The molecule has 5 aliphatic carbocycles. The van der Waals surface area contributed by atoms with Gasteiger partial charge >= 0.3 is 5.97 Å². The second kappa shape index (κ2) is 7.48. The lowest BCUT2D eigenvalue weighted by Gasteiger charge is -2.69. The first kappa shape index (κ1) is 24.6. The Balaban J connectivity index is 1.59. The van der Waals surface area contributed by atoms with Crippen LogP contribution in [-0.2, 0) is 9.53 Å². The number of hydrogen-bond donors (Lipinski definition) is 0. The lowest BCUT2D eigenvalue weighted by molar-refractivity contribution is -0.172. The summed E-state index contributed by atoms with van der Waals surface area (Å²) < 4.78 is 5.89. The average Bonchev–Trinajstić information content (AvgIpc) is 2.74. The highest BCUT2D eigenvalue weighted by atomic mass is 16.5. The zero-order chi connectivity index (χ0) is 24.9. The van der Waals surface area contributed by atoms with Gasteiger partial charge in [0.15, 0.2) is 0 Å². The second-order valence-electron chi connectivity index (χ2n) is 14.8. The number of rotatable bonds is 1. The summed E-state index contributed by atoms with van der Waals surface area (Å²) >= 11 is 0. The van der Waals surface area contributed by atoms with Gasteiger partial charge in [0.05, 0.1) is 0 Å². The number of fused-ring (bicyclic) bond motifs is 7. The van der Waals surface area contributed by atoms with Gasteiger partial charge in [-0.15, -0.1) is 0 Å². The van der Waals surface area contributed by atoms with Gasteiger partial charge in [-0.05, 0) is 96.7 Å². The lowest BCUT2D eigenvalue weighted by atomic mass is 9.36. The van der Waals surface area contributed by atoms with Crippen LogP contribution < -0.4 is 0 Å². The summed E-state index contributed by atoms with van der Waals surface area (Å²) in [5.41, 5.74) is 4.67. The summed E-state index contributed by atoms with van der Waals surface area (Å²) in [4.78, 5) is 11.9. The number of allylic oxidation sites excluding steroid dienone is 4. The second-order valence-corrected chi connectivity index (χ2v) is 14.8. The van der Waals surface area contributed by atoms with E-state index in [2.05, 4.69) is 67.5 Å². The fraction of sp³-hybridized carbons (Fsp3) is 0.844. The van der Waals surface area contributed by atoms with E-state index in [0.717, 1.165) is 30.6 Å². The SMILES string of the molecule is CC(=O)OC1CCC2(C)C3=CC=C4C5C(C)C(C)CCC5(C)CCC4(C)C3(C)CCC2C1(C)C. The van der Waals surface area contributed by atoms with Gasteiger partial charge in [0.2, 0.25) is 0 Å². The van der Waals surface area contributed by atoms with E-state index in [1.165, 1.54) is 38.5 Å². The Morgan fingerprint density at radius 3 is 2.24 bits per heavy atom. The smallest absolute Gasteiger partial charge is 0.302 e. The zero-order valence-electron chi connectivity index (χ0n) is 23.5. The third-order valence-electron chi connectivity index (χ3n) is 13.0. The van der Waals surface area contributed by atoms with Crippen LogP contribution in [0.2, 0.25) is 0 Å². The van der Waals surface area contributed by atoms with Crippen molar-refractivity contribution in [1.82, 2.24) is 0 Å². The van der Waals surface area contributed by atoms with Crippen molar-refractivity contribution in [2.24, 2.45) is 50.7 Å². The normalized spacial score (nSPS) is 51.6. The molecule has 0 saturated heterocycles. The van der Waals surface area contributed by atoms with Crippen LogP contribution in [0.4, 0.5) is 0 Å². The fourth-order valence-corrected chi connectivity index (χ4v) is 10.5. The van der Waals surface area contributed by atoms with Crippen LogP contribution in [0.1, 0.15) is 114 Å². The van der Waals surface area contributed by atoms with Gasteiger partial charge in [-0.1, -0.05) is 78.7 Å². The van der Waals surface area contributed by atoms with Crippen molar-refractivity contribution in [2.75, 3.05) is 0 Å². The summed E-state index contributed by atoms with van der Waals surface area (Å²) in [5, 5.41) is 0. The highest BCUT2D eigenvalue weighted by Gasteiger charge is 2.66. The van der Waals surface area contributed by atoms with Gasteiger partial charge in [-0.2, -0.15) is 0 Å². The largest absolute Gasteiger partial charge is 0.462 e. The lowest BCUT2D eigenvalue weighted by Crippen LogP contribution is -2.61. The van der Waals surface area contributed by atoms with E-state index in [-0.39, 0.29) is 33.7 Å². The van der Waals surface area contributed by atoms with Gasteiger partial charge in [-0.25, -0.2) is 0 Å². The van der Waals surface area contributed by atoms with E-state index in [0.29, 0.717) is 11.3 Å². The molecule has 2 heteroatoms. The quantitative estimate of drug-likeness (QED) is 0.362. The van der Waals surface area contributed by atoms with Crippen molar-refractivity contribution in [1.29, 1.82) is 0 Å². The zero-order valence-corrected chi connectivity index (χ0v) is 23.5. The standard InChI is InChI=1S/C32H50O2/c1-20-12-15-29(6)18-19-31(8)23(27(29)21(20)2)10-11-25-30(7)16-14-26(34-22(3)33)28(4,5)24(30)13-17-32(25,31)9/h10-11,20-21,24,26-27H,12-19H2,1-9H3. The Bertz CT molecular complexity index is 941. The molecule has 0 N–H and O–H groups in total. The van der Waals surface area contributed by atoms with E-state index in [9.17, 15) is 4.79 Å². The molecule has 0 radical (unpaired) electrons. The van der Waals surface area contributed by atoms with Gasteiger partial charge in [0.25, 0.3) is 0 Å². The third-order valence-corrected chi connectivity index (χ3v) is 13.0. The molecule has 4 fully saturated rings. The Kier molecular flexibility index (Phi) is 5.42. The summed E-state index contributed by atoms with van der Waals surface area (Å²) in [6.07, 6.45) is 15.4.